The first kappa shape index (κ1) is 27.6. The molecule has 0 aromatic heterocycles. The number of fused-ring (bicyclic) bond motifs is 1. The van der Waals surface area contributed by atoms with Crippen molar-refractivity contribution >= 4 is 35.0 Å². The molecule has 1 aliphatic heterocycles. The van der Waals surface area contributed by atoms with Crippen LogP contribution < -0.4 is 15.0 Å². The molecule has 2 N–H and O–H groups in total. The van der Waals surface area contributed by atoms with E-state index in [1.165, 1.54) is 12.0 Å². The number of anilines is 2. The van der Waals surface area contributed by atoms with Gasteiger partial charge in [-0.05, 0) is 59.9 Å². The summed E-state index contributed by atoms with van der Waals surface area (Å²) in [5.41, 5.74) is 4.26. The van der Waals surface area contributed by atoms with Crippen LogP contribution in [0.2, 0.25) is 0 Å². The van der Waals surface area contributed by atoms with E-state index >= 15 is 0 Å². The molecule has 3 aromatic rings. The number of allylic oxidation sites excluding steroid dienone is 1. The third-order valence-electron chi connectivity index (χ3n) is 7.54. The molecule has 9 heteroatoms. The highest BCUT2D eigenvalue weighted by molar-refractivity contribution is 6.06. The lowest BCUT2D eigenvalue weighted by molar-refractivity contribution is -0.138. The molecular formula is C32H30N2O7. The summed E-state index contributed by atoms with van der Waals surface area (Å²) in [4.78, 5) is 52.8. The molecule has 9 nitrogen and oxygen atoms in total. The van der Waals surface area contributed by atoms with E-state index in [2.05, 4.69) is 5.32 Å². The average Bonchev–Trinajstić information content (AvgIpc) is 3.14. The van der Waals surface area contributed by atoms with Gasteiger partial charge >= 0.3 is 11.9 Å². The number of amides is 1. The van der Waals surface area contributed by atoms with E-state index in [1.54, 1.807) is 43.5 Å². The zero-order chi connectivity index (χ0) is 29.1. The van der Waals surface area contributed by atoms with Gasteiger partial charge in [0.25, 0.3) is 0 Å². The summed E-state index contributed by atoms with van der Waals surface area (Å²) in [6.07, 6.45) is 0.163. The molecule has 2 atom stereocenters. The maximum Gasteiger partial charge on any atom is 0.337 e. The summed E-state index contributed by atoms with van der Waals surface area (Å²) in [6.45, 7) is 0. The Hall–Kier alpha value is -4.92. The molecule has 0 radical (unpaired) electrons. The quantitative estimate of drug-likeness (QED) is 0.380. The summed E-state index contributed by atoms with van der Waals surface area (Å²) in [6, 6.07) is 20.7. The number of benzene rings is 3. The first-order chi connectivity index (χ1) is 19.8. The number of nitrogens with one attached hydrogen (secondary N) is 1. The van der Waals surface area contributed by atoms with E-state index in [0.29, 0.717) is 40.2 Å². The molecule has 1 aliphatic carbocycles. The van der Waals surface area contributed by atoms with Crippen LogP contribution in [0.4, 0.5) is 11.4 Å². The van der Waals surface area contributed by atoms with E-state index in [0.717, 1.165) is 11.3 Å². The maximum absolute atomic E-state index is 14.0. The van der Waals surface area contributed by atoms with E-state index in [4.69, 9.17) is 9.47 Å². The van der Waals surface area contributed by atoms with Crippen LogP contribution in [-0.2, 0) is 19.1 Å². The van der Waals surface area contributed by atoms with Crippen molar-refractivity contribution in [3.8, 4) is 5.75 Å². The third kappa shape index (κ3) is 5.56. The highest BCUT2D eigenvalue weighted by Crippen LogP contribution is 2.47. The molecule has 41 heavy (non-hydrogen) atoms. The Kier molecular flexibility index (Phi) is 7.87. The fraction of sp³-hybridized carbons (Fsp3) is 0.250. The minimum atomic E-state index is -1.09. The highest BCUT2D eigenvalue weighted by Gasteiger charge is 2.41. The summed E-state index contributed by atoms with van der Waals surface area (Å²) in [7, 11) is 2.90. The van der Waals surface area contributed by atoms with Gasteiger partial charge < -0.3 is 19.9 Å². The lowest BCUT2D eigenvalue weighted by atomic mass is 9.78. The number of nitrogens with zero attached hydrogens (tertiary/aromatic N) is 1. The molecule has 0 bridgehead atoms. The second kappa shape index (κ2) is 11.7. The first-order valence-electron chi connectivity index (χ1n) is 13.3. The molecular weight excluding hydrogens is 524 g/mol. The number of carbonyl (C=O) groups excluding carboxylic acids is 3. The molecule has 5 rings (SSSR count). The van der Waals surface area contributed by atoms with Gasteiger partial charge in [0.05, 0.1) is 43.6 Å². The fourth-order valence-electron chi connectivity index (χ4n) is 5.55. The highest BCUT2D eigenvalue weighted by atomic mass is 16.5. The first-order valence-corrected chi connectivity index (χ1v) is 13.3. The SMILES string of the molecule is COC(=O)c1ccc([C@@H]2C3=C(C[C@H](c4ccc(OC)cc4)CC3=O)Nc3ccccc3N2C(=O)CCC(=O)O)cc1. The number of carboxylic acids is 1. The van der Waals surface area contributed by atoms with Crippen molar-refractivity contribution in [2.24, 2.45) is 0 Å². The number of carboxylic acid groups (broad SMARTS) is 1. The second-order valence-electron chi connectivity index (χ2n) is 10.0. The molecule has 0 unspecified atom stereocenters. The van der Waals surface area contributed by atoms with Crippen LogP contribution >= 0.6 is 0 Å². The van der Waals surface area contributed by atoms with E-state index in [1.807, 2.05) is 36.4 Å². The number of para-hydroxylation sites is 2. The molecule has 1 amide bonds. The number of rotatable bonds is 7. The number of carbonyl (C=O) groups is 4. The van der Waals surface area contributed by atoms with Crippen molar-refractivity contribution in [1.29, 1.82) is 0 Å². The lowest BCUT2D eigenvalue weighted by Crippen LogP contribution is -2.38. The maximum atomic E-state index is 14.0. The zero-order valence-corrected chi connectivity index (χ0v) is 22.8. The summed E-state index contributed by atoms with van der Waals surface area (Å²) < 4.78 is 10.1. The Labute approximate surface area is 237 Å². The molecule has 0 saturated carbocycles. The van der Waals surface area contributed by atoms with Crippen LogP contribution in [0.25, 0.3) is 0 Å². The number of esters is 1. The third-order valence-corrected chi connectivity index (χ3v) is 7.54. The van der Waals surface area contributed by atoms with Crippen LogP contribution in [0.3, 0.4) is 0 Å². The normalized spacial score (nSPS) is 18.0. The van der Waals surface area contributed by atoms with Gasteiger partial charge in [-0.2, -0.15) is 0 Å². The number of aliphatic carboxylic acids is 1. The number of Topliss-reactive ketones (excluding diaryl/α,β-unsaturated/α-hetero) is 1. The molecule has 0 spiro atoms. The van der Waals surface area contributed by atoms with Gasteiger partial charge in [-0.3, -0.25) is 19.3 Å². The summed E-state index contributed by atoms with van der Waals surface area (Å²) in [5.74, 6) is -1.51. The minimum Gasteiger partial charge on any atom is -0.497 e. The standard InChI is InChI=1S/C32H30N2O7/c1-40-23-13-11-19(12-14-23)22-17-25-30(27(35)18-22)31(20-7-9-21(10-8-20)32(39)41-2)34(28(36)15-16-29(37)38)26-6-4-3-5-24(26)33-25/h3-14,22,31,33H,15-18H2,1-2H3,(H,37,38)/t22-,31+/m0/s1. The van der Waals surface area contributed by atoms with Gasteiger partial charge in [0.15, 0.2) is 5.78 Å². The summed E-state index contributed by atoms with van der Waals surface area (Å²) >= 11 is 0. The monoisotopic (exact) mass is 554 g/mol. The molecule has 2 aliphatic rings. The number of ketones is 1. The van der Waals surface area contributed by atoms with Crippen LogP contribution in [0.5, 0.6) is 5.75 Å². The predicted molar refractivity (Wildman–Crippen MR) is 152 cm³/mol. The number of hydrogen-bond acceptors (Lipinski definition) is 7. The van der Waals surface area contributed by atoms with Crippen LogP contribution in [0.1, 0.15) is 59.1 Å². The topological polar surface area (TPSA) is 122 Å². The van der Waals surface area contributed by atoms with Gasteiger partial charge in [0.2, 0.25) is 5.91 Å². The zero-order valence-electron chi connectivity index (χ0n) is 22.8. The Morgan fingerprint density at radius 2 is 1.59 bits per heavy atom. The van der Waals surface area contributed by atoms with E-state index < -0.39 is 23.9 Å². The second-order valence-corrected chi connectivity index (χ2v) is 10.0. The Morgan fingerprint density at radius 1 is 0.902 bits per heavy atom. The van der Waals surface area contributed by atoms with Gasteiger partial charge in [-0.15, -0.1) is 0 Å². The van der Waals surface area contributed by atoms with E-state index in [9.17, 15) is 24.3 Å². The molecule has 0 saturated heterocycles. The van der Waals surface area contributed by atoms with E-state index in [-0.39, 0.29) is 31.0 Å². The minimum absolute atomic E-state index is 0.0940. The average molecular weight is 555 g/mol. The smallest absolute Gasteiger partial charge is 0.337 e. The van der Waals surface area contributed by atoms with Gasteiger partial charge in [-0.25, -0.2) is 4.79 Å². The predicted octanol–water partition coefficient (Wildman–Crippen LogP) is 5.25. The van der Waals surface area contributed by atoms with Crippen molar-refractivity contribution in [2.45, 2.75) is 37.6 Å². The largest absolute Gasteiger partial charge is 0.497 e. The molecule has 210 valence electrons. The van der Waals surface area contributed by atoms with Crippen molar-refractivity contribution < 1.29 is 33.8 Å². The van der Waals surface area contributed by atoms with Crippen molar-refractivity contribution in [3.63, 3.8) is 0 Å². The Balaban J connectivity index is 1.65. The van der Waals surface area contributed by atoms with Crippen molar-refractivity contribution in [1.82, 2.24) is 0 Å². The molecule has 1 heterocycles. The van der Waals surface area contributed by atoms with Crippen molar-refractivity contribution in [2.75, 3.05) is 24.4 Å². The lowest BCUT2D eigenvalue weighted by Gasteiger charge is -2.35. The number of ether oxygens (including phenoxy) is 2. The Morgan fingerprint density at radius 3 is 2.24 bits per heavy atom. The van der Waals surface area contributed by atoms with Gasteiger partial charge in [-0.1, -0.05) is 36.4 Å². The fourth-order valence-corrected chi connectivity index (χ4v) is 5.55. The van der Waals surface area contributed by atoms with Crippen LogP contribution in [0, 0.1) is 0 Å². The summed E-state index contributed by atoms with van der Waals surface area (Å²) in [5, 5.41) is 12.8. The number of hydrogen-bond donors (Lipinski definition) is 2. The van der Waals surface area contributed by atoms with Crippen molar-refractivity contribution in [3.05, 3.63) is 101 Å². The molecule has 3 aromatic carbocycles. The van der Waals surface area contributed by atoms with Gasteiger partial charge in [0.1, 0.15) is 5.75 Å². The molecule has 0 fully saturated rings. The number of methoxy groups -OCH3 is 2. The Bertz CT molecular complexity index is 1530. The van der Waals surface area contributed by atoms with Crippen LogP contribution in [-0.4, -0.2) is 43.0 Å². The van der Waals surface area contributed by atoms with Gasteiger partial charge in [0, 0.05) is 24.1 Å². The van der Waals surface area contributed by atoms with Crippen LogP contribution in [0.15, 0.2) is 84.1 Å².